The number of Topliss-reactive ketones (excluding diaryl/α,β-unsaturated/α-hetero) is 2. The maximum atomic E-state index is 12.2. The van der Waals surface area contributed by atoms with Gasteiger partial charge in [0.2, 0.25) is 0 Å². The average molecular weight is 220 g/mol. The molecule has 0 saturated heterocycles. The second kappa shape index (κ2) is 3.28. The van der Waals surface area contributed by atoms with Crippen molar-refractivity contribution in [1.82, 2.24) is 0 Å². The molecule has 2 rings (SSSR count). The highest BCUT2D eigenvalue weighted by Crippen LogP contribution is 2.61. The lowest BCUT2D eigenvalue weighted by atomic mass is 9.54. The first-order valence-electron chi connectivity index (χ1n) is 5.97. The summed E-state index contributed by atoms with van der Waals surface area (Å²) in [5.41, 5.74) is 0.750. The van der Waals surface area contributed by atoms with Crippen LogP contribution in [0.2, 0.25) is 0 Å². The molecule has 4 atom stereocenters. The fraction of sp³-hybridized carbons (Fsp3) is 0.714. The van der Waals surface area contributed by atoms with E-state index in [0.29, 0.717) is 5.78 Å². The van der Waals surface area contributed by atoms with E-state index in [1.54, 1.807) is 6.92 Å². The van der Waals surface area contributed by atoms with Crippen molar-refractivity contribution < 1.29 is 9.59 Å². The van der Waals surface area contributed by atoms with Crippen LogP contribution in [-0.2, 0) is 9.59 Å². The molecule has 16 heavy (non-hydrogen) atoms. The molecule has 4 unspecified atom stereocenters. The fourth-order valence-electron chi connectivity index (χ4n) is 3.75. The zero-order chi connectivity index (χ0) is 12.2. The van der Waals surface area contributed by atoms with Crippen LogP contribution in [0.4, 0.5) is 0 Å². The lowest BCUT2D eigenvalue weighted by Gasteiger charge is -2.47. The lowest BCUT2D eigenvalue weighted by Crippen LogP contribution is -2.50. The zero-order valence-electron chi connectivity index (χ0n) is 10.5. The smallest absolute Gasteiger partial charge is 0.142 e. The van der Waals surface area contributed by atoms with Gasteiger partial charge in [-0.15, -0.1) is 0 Å². The van der Waals surface area contributed by atoms with Gasteiger partial charge < -0.3 is 0 Å². The molecule has 0 amide bonds. The zero-order valence-corrected chi connectivity index (χ0v) is 10.5. The van der Waals surface area contributed by atoms with E-state index in [9.17, 15) is 9.59 Å². The molecule has 0 N–H and O–H groups in total. The van der Waals surface area contributed by atoms with Gasteiger partial charge in [-0.3, -0.25) is 9.59 Å². The summed E-state index contributed by atoms with van der Waals surface area (Å²) in [6.07, 6.45) is 0.866. The summed E-state index contributed by atoms with van der Waals surface area (Å²) in [5, 5.41) is 0. The molecule has 0 aromatic carbocycles. The number of ketones is 2. The number of rotatable bonds is 2. The van der Waals surface area contributed by atoms with Crippen LogP contribution in [-0.4, -0.2) is 11.6 Å². The molecule has 0 aromatic rings. The first kappa shape index (κ1) is 11.6. The third kappa shape index (κ3) is 1.32. The van der Waals surface area contributed by atoms with Gasteiger partial charge in [0.15, 0.2) is 0 Å². The number of carbonyl (C=O) groups is 2. The molecule has 0 heterocycles. The Morgan fingerprint density at radius 3 is 2.31 bits per heavy atom. The maximum Gasteiger partial charge on any atom is 0.142 e. The first-order valence-corrected chi connectivity index (χ1v) is 5.97. The Hall–Kier alpha value is -0.920. The molecule has 0 aliphatic heterocycles. The molecule has 2 heteroatoms. The summed E-state index contributed by atoms with van der Waals surface area (Å²) in [4.78, 5) is 23.9. The van der Waals surface area contributed by atoms with Gasteiger partial charge in [0.1, 0.15) is 11.6 Å². The van der Waals surface area contributed by atoms with Gasteiger partial charge in [-0.1, -0.05) is 26.0 Å². The highest BCUT2D eigenvalue weighted by atomic mass is 16.1. The number of hydrogen-bond acceptors (Lipinski definition) is 2. The van der Waals surface area contributed by atoms with Crippen molar-refractivity contribution in [2.75, 3.05) is 0 Å². The SMILES string of the molecule is C=C(C)C1C(C(C)=O)C2CC(C)(C)C(=O)C21. The summed E-state index contributed by atoms with van der Waals surface area (Å²) in [7, 11) is 0. The first-order chi connectivity index (χ1) is 7.27. The van der Waals surface area contributed by atoms with Crippen LogP contribution in [0.25, 0.3) is 0 Å². The van der Waals surface area contributed by atoms with E-state index >= 15 is 0 Å². The lowest BCUT2D eigenvalue weighted by molar-refractivity contribution is -0.140. The summed E-state index contributed by atoms with van der Waals surface area (Å²) in [6.45, 7) is 11.5. The minimum Gasteiger partial charge on any atom is -0.300 e. The monoisotopic (exact) mass is 220 g/mol. The van der Waals surface area contributed by atoms with Crippen LogP contribution in [0.1, 0.15) is 34.1 Å². The number of carbonyl (C=O) groups excluding carboxylic acids is 2. The van der Waals surface area contributed by atoms with Gasteiger partial charge in [-0.2, -0.15) is 0 Å². The van der Waals surface area contributed by atoms with Crippen molar-refractivity contribution in [2.45, 2.75) is 34.1 Å². The van der Waals surface area contributed by atoms with E-state index in [4.69, 9.17) is 0 Å². The van der Waals surface area contributed by atoms with Crippen LogP contribution in [0.5, 0.6) is 0 Å². The Bertz CT molecular complexity index is 378. The maximum absolute atomic E-state index is 12.2. The van der Waals surface area contributed by atoms with Gasteiger partial charge in [0, 0.05) is 17.3 Å². The van der Waals surface area contributed by atoms with Crippen molar-refractivity contribution in [3.63, 3.8) is 0 Å². The molecule has 0 bridgehead atoms. The third-order valence-electron chi connectivity index (χ3n) is 4.45. The van der Waals surface area contributed by atoms with E-state index in [1.807, 2.05) is 20.8 Å². The minimum absolute atomic E-state index is 0.0493. The van der Waals surface area contributed by atoms with Gasteiger partial charge in [-0.05, 0) is 32.1 Å². The van der Waals surface area contributed by atoms with Crippen LogP contribution in [0.3, 0.4) is 0 Å². The molecule has 2 aliphatic rings. The fourth-order valence-corrected chi connectivity index (χ4v) is 3.75. The topological polar surface area (TPSA) is 34.1 Å². The molecule has 0 radical (unpaired) electrons. The van der Waals surface area contributed by atoms with Gasteiger partial charge >= 0.3 is 0 Å². The molecule has 2 aliphatic carbocycles. The highest BCUT2D eigenvalue weighted by Gasteiger charge is 2.63. The standard InChI is InChI=1S/C14H20O2/c1-7(2)10-11(8(3)15)9-6-14(4,5)13(16)12(9)10/h9-12H,1,6H2,2-5H3. The molecule has 0 spiro atoms. The highest BCUT2D eigenvalue weighted by molar-refractivity contribution is 5.94. The number of hydrogen-bond donors (Lipinski definition) is 0. The van der Waals surface area contributed by atoms with E-state index < -0.39 is 0 Å². The van der Waals surface area contributed by atoms with E-state index in [1.165, 1.54) is 0 Å². The van der Waals surface area contributed by atoms with E-state index in [0.717, 1.165) is 12.0 Å². The second-order valence-corrected chi connectivity index (χ2v) is 6.15. The Balaban J connectivity index is 2.33. The van der Waals surface area contributed by atoms with Gasteiger partial charge in [0.25, 0.3) is 0 Å². The predicted octanol–water partition coefficient (Wildman–Crippen LogP) is 2.63. The third-order valence-corrected chi connectivity index (χ3v) is 4.45. The van der Waals surface area contributed by atoms with Crippen molar-refractivity contribution in [1.29, 1.82) is 0 Å². The second-order valence-electron chi connectivity index (χ2n) is 6.15. The molecule has 88 valence electrons. The summed E-state index contributed by atoms with van der Waals surface area (Å²) < 4.78 is 0. The molecule has 0 aromatic heterocycles. The minimum atomic E-state index is -0.243. The summed E-state index contributed by atoms with van der Waals surface area (Å²) in [6, 6.07) is 0. The molecule has 2 fully saturated rings. The van der Waals surface area contributed by atoms with Crippen molar-refractivity contribution >= 4 is 11.6 Å². The normalized spacial score (nSPS) is 40.1. The molecule has 2 saturated carbocycles. The van der Waals surface area contributed by atoms with Crippen molar-refractivity contribution in [3.05, 3.63) is 12.2 Å². The van der Waals surface area contributed by atoms with Gasteiger partial charge in [0.05, 0.1) is 0 Å². The summed E-state index contributed by atoms with van der Waals surface area (Å²) >= 11 is 0. The quantitative estimate of drug-likeness (QED) is 0.670. The molecular weight excluding hydrogens is 200 g/mol. The Morgan fingerprint density at radius 2 is 1.88 bits per heavy atom. The van der Waals surface area contributed by atoms with Crippen LogP contribution in [0.15, 0.2) is 12.2 Å². The predicted molar refractivity (Wildman–Crippen MR) is 62.9 cm³/mol. The van der Waals surface area contributed by atoms with Crippen molar-refractivity contribution in [2.24, 2.45) is 29.1 Å². The summed E-state index contributed by atoms with van der Waals surface area (Å²) in [5.74, 6) is 1.07. The van der Waals surface area contributed by atoms with E-state index in [-0.39, 0.29) is 34.9 Å². The molecule has 2 nitrogen and oxygen atoms in total. The largest absolute Gasteiger partial charge is 0.300 e. The Labute approximate surface area is 97.1 Å². The van der Waals surface area contributed by atoms with Gasteiger partial charge in [-0.25, -0.2) is 0 Å². The van der Waals surface area contributed by atoms with Crippen LogP contribution < -0.4 is 0 Å². The number of fused-ring (bicyclic) bond motifs is 1. The van der Waals surface area contributed by atoms with Crippen LogP contribution in [0, 0.1) is 29.1 Å². The van der Waals surface area contributed by atoms with Crippen molar-refractivity contribution in [3.8, 4) is 0 Å². The van der Waals surface area contributed by atoms with E-state index in [2.05, 4.69) is 6.58 Å². The Morgan fingerprint density at radius 1 is 1.31 bits per heavy atom. The number of allylic oxidation sites excluding steroid dienone is 1. The average Bonchev–Trinajstić information content (AvgIpc) is 2.25. The Kier molecular flexibility index (Phi) is 2.37. The van der Waals surface area contributed by atoms with Crippen LogP contribution >= 0.6 is 0 Å². The molecular formula is C14H20O2.